The molecule has 0 aliphatic carbocycles. The average molecular weight is 474 g/mol. The largest absolute Gasteiger partial charge is 0.497 e. The molecule has 0 aliphatic rings. The first-order valence-electron chi connectivity index (χ1n) is 10.9. The van der Waals surface area contributed by atoms with Crippen LogP contribution in [0.1, 0.15) is 12.5 Å². The van der Waals surface area contributed by atoms with Crippen LogP contribution in [-0.2, 0) is 4.79 Å². The molecule has 4 rings (SSSR count). The van der Waals surface area contributed by atoms with Crippen molar-refractivity contribution in [1.82, 2.24) is 0 Å². The van der Waals surface area contributed by atoms with Gasteiger partial charge in [-0.25, -0.2) is 0 Å². The lowest BCUT2D eigenvalue weighted by atomic mass is 9.99. The first kappa shape index (κ1) is 23.8. The Bertz CT molecular complexity index is 1380. The molecule has 0 bridgehead atoms. The van der Waals surface area contributed by atoms with E-state index in [1.54, 1.807) is 45.8 Å². The number of carbonyl (C=O) groups excluding carboxylic acids is 1. The van der Waals surface area contributed by atoms with Crippen LogP contribution in [0.15, 0.2) is 71.4 Å². The number of anilines is 1. The van der Waals surface area contributed by atoms with Gasteiger partial charge >= 0.3 is 0 Å². The van der Waals surface area contributed by atoms with Crippen LogP contribution in [-0.4, -0.2) is 34.3 Å². The number of carbonyl (C=O) groups is 1. The van der Waals surface area contributed by atoms with E-state index in [0.29, 0.717) is 28.5 Å². The maximum atomic E-state index is 12.8. The summed E-state index contributed by atoms with van der Waals surface area (Å²) in [5, 5.41) is 3.78. The summed E-state index contributed by atoms with van der Waals surface area (Å²) in [4.78, 5) is 12.8. The molecular weight excluding hydrogens is 446 g/mol. The molecule has 0 saturated heterocycles. The van der Waals surface area contributed by atoms with Crippen LogP contribution in [0, 0.1) is 0 Å². The van der Waals surface area contributed by atoms with Gasteiger partial charge in [-0.2, -0.15) is 0 Å². The molecule has 0 saturated carbocycles. The van der Waals surface area contributed by atoms with Gasteiger partial charge in [-0.3, -0.25) is 4.79 Å². The van der Waals surface area contributed by atoms with Crippen molar-refractivity contribution in [3.63, 3.8) is 0 Å². The smallest absolute Gasteiger partial charge is 0.248 e. The molecule has 0 aliphatic heterocycles. The molecular formula is C28H27NO6. The second-order valence-corrected chi connectivity index (χ2v) is 7.81. The number of furan rings is 1. The molecule has 4 aromatic rings. The van der Waals surface area contributed by atoms with Crippen LogP contribution < -0.4 is 24.3 Å². The molecule has 0 fully saturated rings. The van der Waals surface area contributed by atoms with Gasteiger partial charge in [0.25, 0.3) is 0 Å². The third-order valence-corrected chi connectivity index (χ3v) is 5.74. The number of fused-ring (bicyclic) bond motifs is 1. The molecule has 0 spiro atoms. The molecule has 35 heavy (non-hydrogen) atoms. The van der Waals surface area contributed by atoms with E-state index in [4.69, 9.17) is 23.4 Å². The van der Waals surface area contributed by atoms with Crippen LogP contribution in [0.5, 0.6) is 23.0 Å². The van der Waals surface area contributed by atoms with E-state index in [-0.39, 0.29) is 5.91 Å². The minimum Gasteiger partial charge on any atom is -0.497 e. The van der Waals surface area contributed by atoms with Crippen molar-refractivity contribution in [2.24, 2.45) is 0 Å². The molecule has 1 aromatic heterocycles. The number of benzene rings is 3. The lowest BCUT2D eigenvalue weighted by molar-refractivity contribution is -0.111. The summed E-state index contributed by atoms with van der Waals surface area (Å²) in [7, 11) is 6.34. The van der Waals surface area contributed by atoms with Crippen molar-refractivity contribution < 1.29 is 28.2 Å². The van der Waals surface area contributed by atoms with Gasteiger partial charge in [-0.15, -0.1) is 0 Å². The van der Waals surface area contributed by atoms with Crippen LogP contribution in [0.2, 0.25) is 0 Å². The van der Waals surface area contributed by atoms with Crippen molar-refractivity contribution in [1.29, 1.82) is 0 Å². The lowest BCUT2D eigenvalue weighted by Crippen LogP contribution is -2.10. The fourth-order valence-corrected chi connectivity index (χ4v) is 3.87. The number of hydrogen-bond donors (Lipinski definition) is 1. The van der Waals surface area contributed by atoms with Gasteiger partial charge in [0.1, 0.15) is 28.6 Å². The van der Waals surface area contributed by atoms with Gasteiger partial charge in [-0.05, 0) is 48.4 Å². The Morgan fingerprint density at radius 1 is 0.829 bits per heavy atom. The normalized spacial score (nSPS) is 11.3. The number of methoxy groups -OCH3 is 4. The summed E-state index contributed by atoms with van der Waals surface area (Å²) >= 11 is 0. The monoisotopic (exact) mass is 473 g/mol. The number of hydrogen-bond acceptors (Lipinski definition) is 6. The quantitative estimate of drug-likeness (QED) is 0.308. The number of amides is 1. The van der Waals surface area contributed by atoms with E-state index in [2.05, 4.69) is 5.32 Å². The van der Waals surface area contributed by atoms with Gasteiger partial charge in [0.2, 0.25) is 5.91 Å². The van der Waals surface area contributed by atoms with Crippen LogP contribution in [0.4, 0.5) is 5.69 Å². The van der Waals surface area contributed by atoms with E-state index >= 15 is 0 Å². The fraction of sp³-hybridized carbons (Fsp3) is 0.179. The van der Waals surface area contributed by atoms with Gasteiger partial charge < -0.3 is 28.7 Å². The molecule has 0 atom stereocenters. The van der Waals surface area contributed by atoms with E-state index in [1.165, 1.54) is 13.2 Å². The number of nitrogens with one attached hydrogen (secondary N) is 1. The maximum Gasteiger partial charge on any atom is 0.248 e. The van der Waals surface area contributed by atoms with Gasteiger partial charge in [0.05, 0.1) is 40.4 Å². The molecule has 1 heterocycles. The number of ether oxygens (including phenoxy) is 4. The first-order chi connectivity index (χ1) is 17.0. The topological polar surface area (TPSA) is 79.2 Å². The molecule has 1 N–H and O–H groups in total. The summed E-state index contributed by atoms with van der Waals surface area (Å²) in [5.74, 6) is 2.23. The van der Waals surface area contributed by atoms with E-state index < -0.39 is 0 Å². The van der Waals surface area contributed by atoms with Gasteiger partial charge in [-0.1, -0.05) is 12.1 Å². The molecule has 1 amide bonds. The number of allylic oxidation sites excluding steroid dienone is 1. The summed E-state index contributed by atoms with van der Waals surface area (Å²) in [6.45, 7) is 1.86. The SMILES string of the molecule is COc1ccc(-c2coc3cc(OC)c(/C(C)=C/C(=O)Nc4ccc(OC)cc4OC)cc23)cc1. The minimum absolute atomic E-state index is 0.296. The zero-order valence-electron chi connectivity index (χ0n) is 20.3. The van der Waals surface area contributed by atoms with Crippen molar-refractivity contribution in [3.05, 3.63) is 72.5 Å². The Morgan fingerprint density at radius 3 is 2.17 bits per heavy atom. The standard InChI is InChI=1S/C28H27NO6/c1-17(12-28(30)29-24-11-10-20(32-3)13-27(24)34-5)21-14-22-23(16-35-26(22)15-25(21)33-4)18-6-8-19(31-2)9-7-18/h6-16H,1-5H3,(H,29,30)/b17-12+. The molecule has 0 unspecified atom stereocenters. The highest BCUT2D eigenvalue weighted by atomic mass is 16.5. The highest BCUT2D eigenvalue weighted by Crippen LogP contribution is 2.38. The summed E-state index contributed by atoms with van der Waals surface area (Å²) in [6, 6.07) is 16.8. The zero-order valence-corrected chi connectivity index (χ0v) is 20.3. The Kier molecular flexibility index (Phi) is 6.96. The van der Waals surface area contributed by atoms with Gasteiger partial charge in [0, 0.05) is 34.7 Å². The Hall–Kier alpha value is -4.39. The second kappa shape index (κ2) is 10.3. The van der Waals surface area contributed by atoms with E-state index in [9.17, 15) is 4.79 Å². The highest BCUT2D eigenvalue weighted by Gasteiger charge is 2.16. The molecule has 0 radical (unpaired) electrons. The average Bonchev–Trinajstić information content (AvgIpc) is 3.30. The lowest BCUT2D eigenvalue weighted by Gasteiger charge is -2.12. The van der Waals surface area contributed by atoms with Crippen molar-refractivity contribution >= 4 is 28.1 Å². The van der Waals surface area contributed by atoms with Crippen molar-refractivity contribution in [3.8, 4) is 34.1 Å². The van der Waals surface area contributed by atoms with Gasteiger partial charge in [0.15, 0.2) is 0 Å². The summed E-state index contributed by atoms with van der Waals surface area (Å²) in [6.07, 6.45) is 3.25. The van der Waals surface area contributed by atoms with Crippen molar-refractivity contribution in [2.45, 2.75) is 6.92 Å². The second-order valence-electron chi connectivity index (χ2n) is 7.81. The highest BCUT2D eigenvalue weighted by molar-refractivity contribution is 6.06. The predicted octanol–water partition coefficient (Wildman–Crippen LogP) is 6.18. The number of rotatable bonds is 8. The summed E-state index contributed by atoms with van der Waals surface area (Å²) in [5.41, 5.74) is 4.68. The maximum absolute atomic E-state index is 12.8. The van der Waals surface area contributed by atoms with E-state index in [1.807, 2.05) is 43.3 Å². The Balaban J connectivity index is 1.67. The van der Waals surface area contributed by atoms with E-state index in [0.717, 1.165) is 33.4 Å². The van der Waals surface area contributed by atoms with Crippen LogP contribution in [0.3, 0.4) is 0 Å². The first-order valence-corrected chi connectivity index (χ1v) is 10.9. The molecule has 180 valence electrons. The molecule has 7 nitrogen and oxygen atoms in total. The Labute approximate surface area is 203 Å². The summed E-state index contributed by atoms with van der Waals surface area (Å²) < 4.78 is 27.3. The zero-order chi connectivity index (χ0) is 24.9. The predicted molar refractivity (Wildman–Crippen MR) is 137 cm³/mol. The van der Waals surface area contributed by atoms with Crippen molar-refractivity contribution in [2.75, 3.05) is 33.8 Å². The fourth-order valence-electron chi connectivity index (χ4n) is 3.87. The minimum atomic E-state index is -0.296. The molecule has 7 heteroatoms. The van der Waals surface area contributed by atoms with Crippen LogP contribution >= 0.6 is 0 Å². The third kappa shape index (κ3) is 4.94. The Morgan fingerprint density at radius 2 is 1.51 bits per heavy atom. The third-order valence-electron chi connectivity index (χ3n) is 5.74. The van der Waals surface area contributed by atoms with Crippen LogP contribution in [0.25, 0.3) is 27.7 Å². The molecule has 3 aromatic carbocycles.